The zero-order chi connectivity index (χ0) is 20.8. The first kappa shape index (κ1) is 19.3. The molecule has 0 saturated heterocycles. The molecule has 1 aromatic heterocycles. The van der Waals surface area contributed by atoms with Gasteiger partial charge in [0.15, 0.2) is 0 Å². The molecule has 0 aliphatic rings. The summed E-state index contributed by atoms with van der Waals surface area (Å²) in [6, 6.07) is 27.3. The zero-order valence-corrected chi connectivity index (χ0v) is 16.7. The van der Waals surface area contributed by atoms with Crippen LogP contribution >= 0.6 is 0 Å². The van der Waals surface area contributed by atoms with E-state index >= 15 is 0 Å². The van der Waals surface area contributed by atoms with E-state index in [9.17, 15) is 4.79 Å². The summed E-state index contributed by atoms with van der Waals surface area (Å²) in [5.41, 5.74) is 5.15. The average molecular weight is 394 g/mol. The van der Waals surface area contributed by atoms with Gasteiger partial charge in [0.25, 0.3) is 5.91 Å². The van der Waals surface area contributed by atoms with E-state index < -0.39 is 0 Å². The number of benzene rings is 3. The monoisotopic (exact) mass is 394 g/mol. The second kappa shape index (κ2) is 9.01. The van der Waals surface area contributed by atoms with Gasteiger partial charge in [0.2, 0.25) is 5.95 Å². The molecule has 1 heterocycles. The molecule has 5 nitrogen and oxygen atoms in total. The maximum absolute atomic E-state index is 12.8. The molecular formula is C25H22N4O. The lowest BCUT2D eigenvalue weighted by molar-refractivity contribution is 0.0950. The molecule has 4 rings (SSSR count). The highest BCUT2D eigenvalue weighted by atomic mass is 16.1. The van der Waals surface area contributed by atoms with Crippen LogP contribution in [0.1, 0.15) is 21.5 Å². The molecule has 5 heteroatoms. The van der Waals surface area contributed by atoms with Crippen LogP contribution in [-0.2, 0) is 6.54 Å². The largest absolute Gasteiger partial charge is 0.348 e. The van der Waals surface area contributed by atoms with Gasteiger partial charge in [0.05, 0.1) is 5.69 Å². The highest BCUT2D eigenvalue weighted by Crippen LogP contribution is 2.22. The minimum absolute atomic E-state index is 0.102. The van der Waals surface area contributed by atoms with Gasteiger partial charge in [-0.05, 0) is 42.3 Å². The summed E-state index contributed by atoms with van der Waals surface area (Å²) in [4.78, 5) is 21.7. The fraction of sp³-hybridized carbons (Fsp3) is 0.0800. The second-order valence-electron chi connectivity index (χ2n) is 6.95. The Morgan fingerprint density at radius 3 is 2.40 bits per heavy atom. The molecule has 0 atom stereocenters. The summed E-state index contributed by atoms with van der Waals surface area (Å²) in [6.45, 7) is 2.42. The lowest BCUT2D eigenvalue weighted by atomic mass is 10.0. The van der Waals surface area contributed by atoms with Crippen molar-refractivity contribution in [3.63, 3.8) is 0 Å². The van der Waals surface area contributed by atoms with Crippen LogP contribution in [0.25, 0.3) is 11.3 Å². The van der Waals surface area contributed by atoms with Gasteiger partial charge in [-0.15, -0.1) is 0 Å². The van der Waals surface area contributed by atoms with E-state index in [-0.39, 0.29) is 5.91 Å². The molecule has 30 heavy (non-hydrogen) atoms. The standard InChI is InChI=1S/C25H22N4O/c1-18-12-13-20(16-22(18)24(30)27-17-19-8-4-2-5-9-19)23-14-15-26-25(29-23)28-21-10-6-3-7-11-21/h2-16H,17H2,1H3,(H,27,30)(H,26,28,29). The molecule has 4 aromatic rings. The fourth-order valence-corrected chi connectivity index (χ4v) is 3.13. The van der Waals surface area contributed by atoms with E-state index in [1.165, 1.54) is 0 Å². The molecule has 0 radical (unpaired) electrons. The molecule has 0 bridgehead atoms. The average Bonchev–Trinajstić information content (AvgIpc) is 2.79. The molecule has 2 N–H and O–H groups in total. The molecule has 0 aliphatic heterocycles. The summed E-state index contributed by atoms with van der Waals surface area (Å²) in [6.07, 6.45) is 1.71. The van der Waals surface area contributed by atoms with E-state index in [0.29, 0.717) is 18.1 Å². The number of aryl methyl sites for hydroxylation is 1. The van der Waals surface area contributed by atoms with Crippen LogP contribution in [0.15, 0.2) is 91.1 Å². The number of nitrogens with one attached hydrogen (secondary N) is 2. The van der Waals surface area contributed by atoms with Crippen LogP contribution in [0.2, 0.25) is 0 Å². The van der Waals surface area contributed by atoms with Crippen LogP contribution in [-0.4, -0.2) is 15.9 Å². The zero-order valence-electron chi connectivity index (χ0n) is 16.7. The Bertz CT molecular complexity index is 1140. The highest BCUT2D eigenvalue weighted by molar-refractivity contribution is 5.96. The van der Waals surface area contributed by atoms with Gasteiger partial charge in [-0.1, -0.05) is 60.7 Å². The van der Waals surface area contributed by atoms with E-state index in [1.54, 1.807) is 6.20 Å². The Morgan fingerprint density at radius 1 is 0.900 bits per heavy atom. The van der Waals surface area contributed by atoms with Crippen LogP contribution < -0.4 is 10.6 Å². The minimum atomic E-state index is -0.102. The lowest BCUT2D eigenvalue weighted by Gasteiger charge is -2.11. The molecule has 0 saturated carbocycles. The van der Waals surface area contributed by atoms with Crippen molar-refractivity contribution in [1.29, 1.82) is 0 Å². The maximum atomic E-state index is 12.8. The Morgan fingerprint density at radius 2 is 1.63 bits per heavy atom. The Hall–Kier alpha value is -3.99. The Kier molecular flexibility index (Phi) is 5.80. The Balaban J connectivity index is 1.54. The normalized spacial score (nSPS) is 10.4. The van der Waals surface area contributed by atoms with Gasteiger partial charge in [-0.25, -0.2) is 9.97 Å². The molecule has 3 aromatic carbocycles. The molecule has 1 amide bonds. The third-order valence-electron chi connectivity index (χ3n) is 4.76. The first-order chi connectivity index (χ1) is 14.7. The van der Waals surface area contributed by atoms with Gasteiger partial charge in [-0.3, -0.25) is 4.79 Å². The number of rotatable bonds is 6. The minimum Gasteiger partial charge on any atom is -0.348 e. The van der Waals surface area contributed by atoms with Gasteiger partial charge in [0, 0.05) is 29.6 Å². The van der Waals surface area contributed by atoms with Crippen molar-refractivity contribution in [3.05, 3.63) is 108 Å². The number of aromatic nitrogens is 2. The molecule has 0 unspecified atom stereocenters. The van der Waals surface area contributed by atoms with Gasteiger partial charge in [-0.2, -0.15) is 0 Å². The van der Waals surface area contributed by atoms with Crippen LogP contribution in [0.3, 0.4) is 0 Å². The van der Waals surface area contributed by atoms with Crippen molar-refractivity contribution in [2.45, 2.75) is 13.5 Å². The first-order valence-electron chi connectivity index (χ1n) is 9.77. The fourth-order valence-electron chi connectivity index (χ4n) is 3.13. The molecule has 0 fully saturated rings. The summed E-state index contributed by atoms with van der Waals surface area (Å²) >= 11 is 0. The topological polar surface area (TPSA) is 66.9 Å². The van der Waals surface area contributed by atoms with Crippen molar-refractivity contribution in [1.82, 2.24) is 15.3 Å². The highest BCUT2D eigenvalue weighted by Gasteiger charge is 2.12. The smallest absolute Gasteiger partial charge is 0.251 e. The predicted octanol–water partition coefficient (Wildman–Crippen LogP) is 5.13. The third-order valence-corrected chi connectivity index (χ3v) is 4.76. The first-order valence-corrected chi connectivity index (χ1v) is 9.77. The Labute approximate surface area is 175 Å². The van der Waals surface area contributed by atoms with Crippen molar-refractivity contribution < 1.29 is 4.79 Å². The van der Waals surface area contributed by atoms with Crippen LogP contribution in [0.5, 0.6) is 0 Å². The van der Waals surface area contributed by atoms with Crippen molar-refractivity contribution in [3.8, 4) is 11.3 Å². The number of carbonyl (C=O) groups excluding carboxylic acids is 1. The van der Waals surface area contributed by atoms with E-state index in [1.807, 2.05) is 91.9 Å². The lowest BCUT2D eigenvalue weighted by Crippen LogP contribution is -2.23. The molecular weight excluding hydrogens is 372 g/mol. The summed E-state index contributed by atoms with van der Waals surface area (Å²) in [5.74, 6) is 0.407. The van der Waals surface area contributed by atoms with Crippen molar-refractivity contribution in [2.24, 2.45) is 0 Å². The summed E-state index contributed by atoms with van der Waals surface area (Å²) in [5, 5.41) is 6.19. The quantitative estimate of drug-likeness (QED) is 0.476. The van der Waals surface area contributed by atoms with Crippen LogP contribution in [0, 0.1) is 6.92 Å². The van der Waals surface area contributed by atoms with Crippen LogP contribution in [0.4, 0.5) is 11.6 Å². The van der Waals surface area contributed by atoms with E-state index in [4.69, 9.17) is 0 Å². The molecule has 148 valence electrons. The number of nitrogens with zero attached hydrogens (tertiary/aromatic N) is 2. The van der Waals surface area contributed by atoms with E-state index in [2.05, 4.69) is 20.6 Å². The second-order valence-corrected chi connectivity index (χ2v) is 6.95. The van der Waals surface area contributed by atoms with E-state index in [0.717, 1.165) is 28.1 Å². The molecule has 0 aliphatic carbocycles. The number of amides is 1. The predicted molar refractivity (Wildman–Crippen MR) is 120 cm³/mol. The number of carbonyl (C=O) groups is 1. The number of para-hydroxylation sites is 1. The maximum Gasteiger partial charge on any atom is 0.251 e. The molecule has 0 spiro atoms. The van der Waals surface area contributed by atoms with Crippen molar-refractivity contribution >= 4 is 17.5 Å². The number of hydrogen-bond donors (Lipinski definition) is 2. The third kappa shape index (κ3) is 4.70. The van der Waals surface area contributed by atoms with Gasteiger partial charge < -0.3 is 10.6 Å². The number of hydrogen-bond acceptors (Lipinski definition) is 4. The van der Waals surface area contributed by atoms with Gasteiger partial charge >= 0.3 is 0 Å². The summed E-state index contributed by atoms with van der Waals surface area (Å²) < 4.78 is 0. The summed E-state index contributed by atoms with van der Waals surface area (Å²) in [7, 11) is 0. The van der Waals surface area contributed by atoms with Gasteiger partial charge in [0.1, 0.15) is 0 Å². The number of anilines is 2. The van der Waals surface area contributed by atoms with Crippen molar-refractivity contribution in [2.75, 3.05) is 5.32 Å². The SMILES string of the molecule is Cc1ccc(-c2ccnc(Nc3ccccc3)n2)cc1C(=O)NCc1ccccc1.